The molecule has 3 nitrogen and oxygen atoms in total. The molecule has 0 saturated carbocycles. The standard InChI is InChI=1S/C19H22N2O/c1-13(2)21-16(11-15-7-5-9-18(20)19(15)21)12-22-17-8-4-6-14(3)10-17/h4-11,13H,12,20H2,1-3H3. The minimum absolute atomic E-state index is 0.332. The molecule has 0 spiro atoms. The average molecular weight is 294 g/mol. The molecule has 0 aliphatic heterocycles. The van der Waals surface area contributed by atoms with E-state index in [1.807, 2.05) is 24.3 Å². The Kier molecular flexibility index (Phi) is 3.80. The quantitative estimate of drug-likeness (QED) is 0.709. The maximum Gasteiger partial charge on any atom is 0.128 e. The Morgan fingerprint density at radius 1 is 1.09 bits per heavy atom. The zero-order valence-corrected chi connectivity index (χ0v) is 13.3. The van der Waals surface area contributed by atoms with Gasteiger partial charge >= 0.3 is 0 Å². The van der Waals surface area contributed by atoms with Crippen molar-refractivity contribution in [3.05, 3.63) is 59.8 Å². The summed E-state index contributed by atoms with van der Waals surface area (Å²) in [4.78, 5) is 0. The van der Waals surface area contributed by atoms with Crippen molar-refractivity contribution in [3.63, 3.8) is 0 Å². The number of hydrogen-bond donors (Lipinski definition) is 1. The van der Waals surface area contributed by atoms with E-state index in [0.717, 1.165) is 28.0 Å². The molecule has 0 aliphatic rings. The first-order valence-electron chi connectivity index (χ1n) is 7.64. The van der Waals surface area contributed by atoms with E-state index in [0.29, 0.717) is 12.6 Å². The molecular weight excluding hydrogens is 272 g/mol. The van der Waals surface area contributed by atoms with E-state index < -0.39 is 0 Å². The van der Waals surface area contributed by atoms with Crippen LogP contribution >= 0.6 is 0 Å². The summed E-state index contributed by atoms with van der Waals surface area (Å²) in [6.45, 7) is 6.94. The van der Waals surface area contributed by atoms with Gasteiger partial charge in [0.25, 0.3) is 0 Å². The van der Waals surface area contributed by atoms with Gasteiger partial charge in [-0.1, -0.05) is 24.3 Å². The minimum atomic E-state index is 0.332. The Balaban J connectivity index is 1.96. The number of fused-ring (bicyclic) bond motifs is 1. The zero-order chi connectivity index (χ0) is 15.7. The van der Waals surface area contributed by atoms with Crippen LogP contribution in [0.2, 0.25) is 0 Å². The molecule has 3 heteroatoms. The fraction of sp³-hybridized carbons (Fsp3) is 0.263. The summed E-state index contributed by atoms with van der Waals surface area (Å²) >= 11 is 0. The third-order valence-corrected chi connectivity index (χ3v) is 3.86. The third kappa shape index (κ3) is 2.67. The molecule has 3 aromatic rings. The third-order valence-electron chi connectivity index (χ3n) is 3.86. The van der Waals surface area contributed by atoms with E-state index in [9.17, 15) is 0 Å². The summed E-state index contributed by atoms with van der Waals surface area (Å²) in [6.07, 6.45) is 0. The smallest absolute Gasteiger partial charge is 0.128 e. The first-order chi connectivity index (χ1) is 10.6. The van der Waals surface area contributed by atoms with Crippen LogP contribution in [0.15, 0.2) is 48.5 Å². The van der Waals surface area contributed by atoms with Gasteiger partial charge in [-0.15, -0.1) is 0 Å². The topological polar surface area (TPSA) is 40.2 Å². The molecule has 0 unspecified atom stereocenters. The highest BCUT2D eigenvalue weighted by Crippen LogP contribution is 2.29. The molecule has 22 heavy (non-hydrogen) atoms. The number of nitrogen functional groups attached to an aromatic ring is 1. The number of benzene rings is 2. The molecule has 0 saturated heterocycles. The largest absolute Gasteiger partial charge is 0.487 e. The van der Waals surface area contributed by atoms with Crippen LogP contribution < -0.4 is 10.5 Å². The Labute approximate surface area is 131 Å². The second kappa shape index (κ2) is 5.76. The number of aryl methyl sites for hydroxylation is 1. The summed E-state index contributed by atoms with van der Waals surface area (Å²) < 4.78 is 8.24. The molecule has 1 heterocycles. The van der Waals surface area contributed by atoms with Gasteiger partial charge in [-0.25, -0.2) is 0 Å². The highest BCUT2D eigenvalue weighted by Gasteiger charge is 2.14. The van der Waals surface area contributed by atoms with Crippen molar-refractivity contribution in [2.45, 2.75) is 33.4 Å². The molecule has 2 aromatic carbocycles. The van der Waals surface area contributed by atoms with E-state index >= 15 is 0 Å². The van der Waals surface area contributed by atoms with Crippen LogP contribution in [0, 0.1) is 6.92 Å². The fourth-order valence-electron chi connectivity index (χ4n) is 2.93. The molecule has 0 aliphatic carbocycles. The predicted molar refractivity (Wildman–Crippen MR) is 92.2 cm³/mol. The lowest BCUT2D eigenvalue weighted by Gasteiger charge is -2.16. The summed E-state index contributed by atoms with van der Waals surface area (Å²) in [7, 11) is 0. The van der Waals surface area contributed by atoms with Crippen molar-refractivity contribution in [2.75, 3.05) is 5.73 Å². The number of para-hydroxylation sites is 1. The number of anilines is 1. The van der Waals surface area contributed by atoms with Gasteiger partial charge in [0.2, 0.25) is 0 Å². The van der Waals surface area contributed by atoms with Gasteiger partial charge in [0.15, 0.2) is 0 Å². The predicted octanol–water partition coefficient (Wildman–Crippen LogP) is 4.69. The Hall–Kier alpha value is -2.42. The lowest BCUT2D eigenvalue weighted by atomic mass is 10.2. The van der Waals surface area contributed by atoms with Gasteiger partial charge in [-0.2, -0.15) is 0 Å². The number of nitrogens with two attached hydrogens (primary N) is 1. The number of nitrogens with zero attached hydrogens (tertiary/aromatic N) is 1. The fourth-order valence-corrected chi connectivity index (χ4v) is 2.93. The van der Waals surface area contributed by atoms with Crippen LogP contribution in [-0.4, -0.2) is 4.57 Å². The van der Waals surface area contributed by atoms with Crippen molar-refractivity contribution in [2.24, 2.45) is 0 Å². The highest BCUT2D eigenvalue weighted by atomic mass is 16.5. The molecule has 0 amide bonds. The molecule has 0 fully saturated rings. The van der Waals surface area contributed by atoms with Crippen LogP contribution in [0.25, 0.3) is 10.9 Å². The van der Waals surface area contributed by atoms with Crippen molar-refractivity contribution < 1.29 is 4.74 Å². The molecule has 1 aromatic heterocycles. The van der Waals surface area contributed by atoms with Gasteiger partial charge in [-0.05, 0) is 50.6 Å². The monoisotopic (exact) mass is 294 g/mol. The molecule has 3 rings (SSSR count). The normalized spacial score (nSPS) is 11.3. The zero-order valence-electron chi connectivity index (χ0n) is 13.3. The summed E-state index contributed by atoms with van der Waals surface area (Å²) in [5.74, 6) is 0.897. The average Bonchev–Trinajstić information content (AvgIpc) is 2.85. The van der Waals surface area contributed by atoms with Gasteiger partial charge in [0.1, 0.15) is 12.4 Å². The first kappa shape index (κ1) is 14.5. The van der Waals surface area contributed by atoms with Gasteiger partial charge in [0, 0.05) is 11.4 Å². The molecule has 0 radical (unpaired) electrons. The van der Waals surface area contributed by atoms with E-state index in [1.165, 1.54) is 5.56 Å². The SMILES string of the molecule is Cc1cccc(OCc2cc3cccc(N)c3n2C(C)C)c1. The molecule has 0 atom stereocenters. The second-order valence-corrected chi connectivity index (χ2v) is 5.99. The summed E-state index contributed by atoms with van der Waals surface area (Å²) in [6, 6.07) is 16.7. The minimum Gasteiger partial charge on any atom is -0.487 e. The summed E-state index contributed by atoms with van der Waals surface area (Å²) in [5, 5.41) is 1.16. The maximum atomic E-state index is 6.17. The van der Waals surface area contributed by atoms with E-state index in [4.69, 9.17) is 10.5 Å². The van der Waals surface area contributed by atoms with Crippen LogP contribution in [0.4, 0.5) is 5.69 Å². The van der Waals surface area contributed by atoms with Crippen LogP contribution in [-0.2, 0) is 6.61 Å². The van der Waals surface area contributed by atoms with Crippen molar-refractivity contribution in [1.29, 1.82) is 0 Å². The van der Waals surface area contributed by atoms with Crippen LogP contribution in [0.5, 0.6) is 5.75 Å². The molecule has 114 valence electrons. The first-order valence-corrected chi connectivity index (χ1v) is 7.64. The highest BCUT2D eigenvalue weighted by molar-refractivity contribution is 5.91. The maximum absolute atomic E-state index is 6.17. The molecular formula is C19H22N2O. The number of rotatable bonds is 4. The van der Waals surface area contributed by atoms with Gasteiger partial charge in [-0.3, -0.25) is 0 Å². The molecule has 0 bridgehead atoms. The van der Waals surface area contributed by atoms with E-state index in [2.05, 4.69) is 49.6 Å². The summed E-state index contributed by atoms with van der Waals surface area (Å²) in [5.41, 5.74) is 10.4. The van der Waals surface area contributed by atoms with Gasteiger partial charge < -0.3 is 15.0 Å². The van der Waals surface area contributed by atoms with Crippen molar-refractivity contribution >= 4 is 16.6 Å². The molecule has 2 N–H and O–H groups in total. The van der Waals surface area contributed by atoms with Crippen LogP contribution in [0.1, 0.15) is 31.1 Å². The lowest BCUT2D eigenvalue weighted by molar-refractivity contribution is 0.293. The van der Waals surface area contributed by atoms with E-state index in [-0.39, 0.29) is 0 Å². The van der Waals surface area contributed by atoms with Gasteiger partial charge in [0.05, 0.1) is 16.9 Å². The van der Waals surface area contributed by atoms with Crippen molar-refractivity contribution in [3.8, 4) is 5.75 Å². The number of hydrogen-bond acceptors (Lipinski definition) is 2. The number of ether oxygens (including phenoxy) is 1. The second-order valence-electron chi connectivity index (χ2n) is 5.99. The Bertz CT molecular complexity index is 802. The van der Waals surface area contributed by atoms with Crippen LogP contribution in [0.3, 0.4) is 0 Å². The van der Waals surface area contributed by atoms with Crippen molar-refractivity contribution in [1.82, 2.24) is 4.57 Å². The Morgan fingerprint density at radius 2 is 1.86 bits per heavy atom. The Morgan fingerprint density at radius 3 is 2.59 bits per heavy atom. The number of aromatic nitrogens is 1. The van der Waals surface area contributed by atoms with E-state index in [1.54, 1.807) is 0 Å². The lowest BCUT2D eigenvalue weighted by Crippen LogP contribution is -2.09.